The molecule has 1 fully saturated rings. The molecule has 0 bridgehead atoms. The van der Waals surface area contributed by atoms with Crippen LogP contribution in [0.15, 0.2) is 12.1 Å². The Morgan fingerprint density at radius 1 is 1.41 bits per heavy atom. The lowest BCUT2D eigenvalue weighted by Crippen LogP contribution is -2.34. The molecule has 1 saturated heterocycles. The van der Waals surface area contributed by atoms with Crippen LogP contribution < -0.4 is 10.2 Å². The minimum Gasteiger partial charge on any atom is -0.396 e. The van der Waals surface area contributed by atoms with E-state index in [9.17, 15) is 4.79 Å². The van der Waals surface area contributed by atoms with Gasteiger partial charge in [-0.1, -0.05) is 25.4 Å². The molecule has 5 nitrogen and oxygen atoms in total. The molecule has 0 saturated carbocycles. The SMILES string of the molecule is CC(C)(CCO)CNC(=O)c1cc(Cl)nc(N2CCCC2)c1. The molecule has 0 aromatic carbocycles. The van der Waals surface area contributed by atoms with E-state index in [1.165, 1.54) is 0 Å². The monoisotopic (exact) mass is 325 g/mol. The number of pyridine rings is 1. The van der Waals surface area contributed by atoms with E-state index in [4.69, 9.17) is 16.7 Å². The molecule has 0 aliphatic carbocycles. The average Bonchev–Trinajstić information content (AvgIpc) is 2.98. The summed E-state index contributed by atoms with van der Waals surface area (Å²) in [6.45, 7) is 6.56. The van der Waals surface area contributed by atoms with Crippen molar-refractivity contribution in [2.45, 2.75) is 33.1 Å². The zero-order chi connectivity index (χ0) is 16.2. The molecule has 2 N–H and O–H groups in total. The normalized spacial score (nSPS) is 15.2. The van der Waals surface area contributed by atoms with Crippen LogP contribution in [0.25, 0.3) is 0 Å². The number of hydrogen-bond donors (Lipinski definition) is 2. The Labute approximate surface area is 136 Å². The highest BCUT2D eigenvalue weighted by Gasteiger charge is 2.20. The lowest BCUT2D eigenvalue weighted by molar-refractivity contribution is 0.0928. The van der Waals surface area contributed by atoms with E-state index < -0.39 is 0 Å². The van der Waals surface area contributed by atoms with Crippen LogP contribution in [-0.2, 0) is 0 Å². The average molecular weight is 326 g/mol. The van der Waals surface area contributed by atoms with E-state index in [0.29, 0.717) is 23.7 Å². The second-order valence-corrected chi connectivity index (χ2v) is 6.94. The summed E-state index contributed by atoms with van der Waals surface area (Å²) in [7, 11) is 0. The highest BCUT2D eigenvalue weighted by atomic mass is 35.5. The first kappa shape index (κ1) is 17.0. The first-order valence-corrected chi connectivity index (χ1v) is 8.11. The fourth-order valence-corrected chi connectivity index (χ4v) is 2.74. The van der Waals surface area contributed by atoms with E-state index in [2.05, 4.69) is 15.2 Å². The van der Waals surface area contributed by atoms with Crippen molar-refractivity contribution in [1.29, 1.82) is 0 Å². The van der Waals surface area contributed by atoms with Crippen molar-refractivity contribution in [3.05, 3.63) is 22.8 Å². The molecule has 22 heavy (non-hydrogen) atoms. The Bertz CT molecular complexity index is 528. The minimum absolute atomic E-state index is 0.114. The summed E-state index contributed by atoms with van der Waals surface area (Å²) in [5.74, 6) is 0.612. The number of halogens is 1. The number of rotatable bonds is 6. The molecular formula is C16H24ClN3O2. The van der Waals surface area contributed by atoms with Crippen LogP contribution in [0.4, 0.5) is 5.82 Å². The third kappa shape index (κ3) is 4.58. The van der Waals surface area contributed by atoms with Crippen molar-refractivity contribution in [3.8, 4) is 0 Å². The van der Waals surface area contributed by atoms with E-state index in [1.807, 2.05) is 13.8 Å². The van der Waals surface area contributed by atoms with Crippen LogP contribution >= 0.6 is 11.6 Å². The molecule has 0 unspecified atom stereocenters. The van der Waals surface area contributed by atoms with Crippen LogP contribution in [0.2, 0.25) is 5.15 Å². The Kier molecular flexibility index (Phi) is 5.64. The molecule has 2 heterocycles. The molecule has 1 aliphatic rings. The van der Waals surface area contributed by atoms with Crippen molar-refractivity contribution >= 4 is 23.3 Å². The summed E-state index contributed by atoms with van der Waals surface area (Å²) in [5, 5.41) is 12.3. The number of carbonyl (C=O) groups excluding carboxylic acids is 1. The van der Waals surface area contributed by atoms with Crippen LogP contribution in [0, 0.1) is 5.41 Å². The third-order valence-electron chi connectivity index (χ3n) is 3.99. The predicted molar refractivity (Wildman–Crippen MR) is 88.5 cm³/mol. The second kappa shape index (κ2) is 7.29. The number of nitrogens with zero attached hydrogens (tertiary/aromatic N) is 2. The number of aliphatic hydroxyl groups excluding tert-OH is 1. The van der Waals surface area contributed by atoms with Gasteiger partial charge in [-0.15, -0.1) is 0 Å². The maximum Gasteiger partial charge on any atom is 0.251 e. The number of carbonyl (C=O) groups is 1. The van der Waals surface area contributed by atoms with Gasteiger partial charge in [0.2, 0.25) is 0 Å². The highest BCUT2D eigenvalue weighted by molar-refractivity contribution is 6.29. The van der Waals surface area contributed by atoms with Gasteiger partial charge in [-0.2, -0.15) is 0 Å². The van der Waals surface area contributed by atoms with Gasteiger partial charge < -0.3 is 15.3 Å². The van der Waals surface area contributed by atoms with Crippen molar-refractivity contribution in [1.82, 2.24) is 10.3 Å². The van der Waals surface area contributed by atoms with Gasteiger partial charge >= 0.3 is 0 Å². The molecule has 1 aromatic rings. The minimum atomic E-state index is -0.157. The summed E-state index contributed by atoms with van der Waals surface area (Å²) in [6, 6.07) is 3.39. The van der Waals surface area contributed by atoms with Crippen molar-refractivity contribution in [2.75, 3.05) is 31.1 Å². The maximum absolute atomic E-state index is 12.3. The van der Waals surface area contributed by atoms with Gasteiger partial charge in [0.15, 0.2) is 0 Å². The van der Waals surface area contributed by atoms with Gasteiger partial charge in [0, 0.05) is 31.8 Å². The summed E-state index contributed by atoms with van der Waals surface area (Å²) in [4.78, 5) is 18.8. The van der Waals surface area contributed by atoms with Crippen molar-refractivity contribution < 1.29 is 9.90 Å². The van der Waals surface area contributed by atoms with Crippen LogP contribution in [0.3, 0.4) is 0 Å². The molecule has 1 aromatic heterocycles. The van der Waals surface area contributed by atoms with E-state index in [1.54, 1.807) is 12.1 Å². The fourth-order valence-electron chi connectivity index (χ4n) is 2.54. The van der Waals surface area contributed by atoms with E-state index >= 15 is 0 Å². The lowest BCUT2D eigenvalue weighted by Gasteiger charge is -2.24. The fraction of sp³-hybridized carbons (Fsp3) is 0.625. The molecule has 0 radical (unpaired) electrons. The Balaban J connectivity index is 2.06. The molecule has 2 rings (SSSR count). The number of aliphatic hydroxyl groups is 1. The van der Waals surface area contributed by atoms with Gasteiger partial charge in [0.1, 0.15) is 11.0 Å². The Morgan fingerprint density at radius 2 is 2.09 bits per heavy atom. The molecule has 122 valence electrons. The molecular weight excluding hydrogens is 302 g/mol. The first-order chi connectivity index (χ1) is 10.4. The number of aromatic nitrogens is 1. The van der Waals surface area contributed by atoms with Crippen LogP contribution in [0.5, 0.6) is 0 Å². The van der Waals surface area contributed by atoms with E-state index in [-0.39, 0.29) is 17.9 Å². The maximum atomic E-state index is 12.3. The molecule has 6 heteroatoms. The number of nitrogens with one attached hydrogen (secondary N) is 1. The summed E-state index contributed by atoms with van der Waals surface area (Å²) >= 11 is 6.06. The van der Waals surface area contributed by atoms with Crippen LogP contribution in [-0.4, -0.2) is 42.2 Å². The quantitative estimate of drug-likeness (QED) is 0.789. The number of hydrogen-bond acceptors (Lipinski definition) is 4. The van der Waals surface area contributed by atoms with Crippen molar-refractivity contribution in [2.24, 2.45) is 5.41 Å². The third-order valence-corrected chi connectivity index (χ3v) is 4.18. The summed E-state index contributed by atoms with van der Waals surface area (Å²) in [6.07, 6.45) is 2.93. The van der Waals surface area contributed by atoms with Gasteiger partial charge in [0.05, 0.1) is 0 Å². The standard InChI is InChI=1S/C16H24ClN3O2/c1-16(2,5-8-21)11-18-15(22)12-9-13(17)19-14(10-12)20-6-3-4-7-20/h9-10,21H,3-8,11H2,1-2H3,(H,18,22). The van der Waals surface area contributed by atoms with Crippen LogP contribution in [0.1, 0.15) is 43.5 Å². The summed E-state index contributed by atoms with van der Waals surface area (Å²) in [5.41, 5.74) is 0.389. The lowest BCUT2D eigenvalue weighted by atomic mass is 9.89. The number of amides is 1. The zero-order valence-corrected chi connectivity index (χ0v) is 14.0. The van der Waals surface area contributed by atoms with Gasteiger partial charge in [0.25, 0.3) is 5.91 Å². The molecule has 0 spiro atoms. The Hall–Kier alpha value is -1.33. The summed E-state index contributed by atoms with van der Waals surface area (Å²) < 4.78 is 0. The highest BCUT2D eigenvalue weighted by Crippen LogP contribution is 2.23. The Morgan fingerprint density at radius 3 is 2.73 bits per heavy atom. The zero-order valence-electron chi connectivity index (χ0n) is 13.2. The van der Waals surface area contributed by atoms with Gasteiger partial charge in [-0.05, 0) is 36.8 Å². The molecule has 1 amide bonds. The molecule has 1 aliphatic heterocycles. The first-order valence-electron chi connectivity index (χ1n) is 7.73. The second-order valence-electron chi connectivity index (χ2n) is 6.55. The number of anilines is 1. The van der Waals surface area contributed by atoms with E-state index in [0.717, 1.165) is 31.7 Å². The van der Waals surface area contributed by atoms with Gasteiger partial charge in [-0.3, -0.25) is 4.79 Å². The van der Waals surface area contributed by atoms with Gasteiger partial charge in [-0.25, -0.2) is 4.98 Å². The topological polar surface area (TPSA) is 65.5 Å². The van der Waals surface area contributed by atoms with Crippen molar-refractivity contribution in [3.63, 3.8) is 0 Å². The smallest absolute Gasteiger partial charge is 0.251 e. The molecule has 0 atom stereocenters. The predicted octanol–water partition coefficient (Wildman–Crippen LogP) is 2.47. The largest absolute Gasteiger partial charge is 0.396 e.